The highest BCUT2D eigenvalue weighted by Gasteiger charge is 2.21. The van der Waals surface area contributed by atoms with E-state index in [1.54, 1.807) is 29.2 Å². The van der Waals surface area contributed by atoms with Gasteiger partial charge >= 0.3 is 6.03 Å². The van der Waals surface area contributed by atoms with Gasteiger partial charge in [-0.1, -0.05) is 41.4 Å². The van der Waals surface area contributed by atoms with Crippen LogP contribution in [0.15, 0.2) is 42.5 Å². The SMILES string of the molecule is O=C(Nc1ccccc1F)N1CCN(CCc2ccc(Cl)cc2Cl)CC1. The number of hydrogen-bond donors (Lipinski definition) is 1. The lowest BCUT2D eigenvalue weighted by Gasteiger charge is -2.34. The van der Waals surface area contributed by atoms with Crippen molar-refractivity contribution in [2.24, 2.45) is 0 Å². The Kier molecular flexibility index (Phi) is 6.35. The number of anilines is 1. The third kappa shape index (κ3) is 4.87. The summed E-state index contributed by atoms with van der Waals surface area (Å²) in [5.41, 5.74) is 1.27. The predicted octanol–water partition coefficient (Wildman–Crippen LogP) is 4.52. The summed E-state index contributed by atoms with van der Waals surface area (Å²) in [6.07, 6.45) is 0.831. The van der Waals surface area contributed by atoms with Crippen molar-refractivity contribution in [3.8, 4) is 0 Å². The molecule has 2 aromatic rings. The number of rotatable bonds is 4. The largest absolute Gasteiger partial charge is 0.322 e. The van der Waals surface area contributed by atoms with E-state index in [0.29, 0.717) is 23.1 Å². The van der Waals surface area contributed by atoms with Gasteiger partial charge in [0.25, 0.3) is 0 Å². The van der Waals surface area contributed by atoms with Gasteiger partial charge in [-0.15, -0.1) is 0 Å². The van der Waals surface area contributed by atoms with Crippen LogP contribution in [0.1, 0.15) is 5.56 Å². The Morgan fingerprint density at radius 3 is 2.50 bits per heavy atom. The molecule has 7 heteroatoms. The van der Waals surface area contributed by atoms with Crippen LogP contribution in [0, 0.1) is 5.82 Å². The van der Waals surface area contributed by atoms with Crippen molar-refractivity contribution in [2.45, 2.75) is 6.42 Å². The van der Waals surface area contributed by atoms with E-state index in [9.17, 15) is 9.18 Å². The average molecular weight is 396 g/mol. The van der Waals surface area contributed by atoms with Crippen LogP contribution in [0.4, 0.5) is 14.9 Å². The standard InChI is InChI=1S/C19H20Cl2FN3O/c20-15-6-5-14(16(21)13-15)7-8-24-9-11-25(12-10-24)19(26)23-18-4-2-1-3-17(18)22/h1-6,13H,7-12H2,(H,23,26). The molecule has 0 aliphatic carbocycles. The molecule has 0 spiro atoms. The first kappa shape index (κ1) is 19.0. The summed E-state index contributed by atoms with van der Waals surface area (Å²) in [5, 5.41) is 3.94. The zero-order chi connectivity index (χ0) is 18.5. The van der Waals surface area contributed by atoms with Crippen LogP contribution in [-0.2, 0) is 6.42 Å². The first-order chi connectivity index (χ1) is 12.5. The number of piperazine rings is 1. The van der Waals surface area contributed by atoms with Crippen molar-refractivity contribution in [1.82, 2.24) is 9.80 Å². The highest BCUT2D eigenvalue weighted by Crippen LogP contribution is 2.21. The van der Waals surface area contributed by atoms with Crippen LogP contribution in [-0.4, -0.2) is 48.6 Å². The lowest BCUT2D eigenvalue weighted by atomic mass is 10.1. The third-order valence-corrected chi connectivity index (χ3v) is 5.07. The van der Waals surface area contributed by atoms with Gasteiger partial charge in [-0.05, 0) is 36.2 Å². The van der Waals surface area contributed by atoms with E-state index < -0.39 is 5.82 Å². The second-order valence-electron chi connectivity index (χ2n) is 6.22. The van der Waals surface area contributed by atoms with Gasteiger partial charge in [0.15, 0.2) is 0 Å². The molecule has 1 aliphatic rings. The molecule has 0 unspecified atom stereocenters. The number of halogens is 3. The molecule has 26 heavy (non-hydrogen) atoms. The van der Waals surface area contributed by atoms with E-state index >= 15 is 0 Å². The summed E-state index contributed by atoms with van der Waals surface area (Å²) >= 11 is 12.1. The number of benzene rings is 2. The Morgan fingerprint density at radius 1 is 1.08 bits per heavy atom. The Morgan fingerprint density at radius 2 is 1.81 bits per heavy atom. The number of carbonyl (C=O) groups is 1. The first-order valence-corrected chi connectivity index (χ1v) is 9.25. The molecule has 1 aliphatic heterocycles. The third-order valence-electron chi connectivity index (χ3n) is 4.49. The summed E-state index contributed by atoms with van der Waals surface area (Å²) in [6.45, 7) is 3.62. The highest BCUT2D eigenvalue weighted by atomic mass is 35.5. The number of carbonyl (C=O) groups excluding carboxylic acids is 1. The number of para-hydroxylation sites is 1. The topological polar surface area (TPSA) is 35.6 Å². The van der Waals surface area contributed by atoms with E-state index in [-0.39, 0.29) is 11.7 Å². The number of urea groups is 1. The molecule has 4 nitrogen and oxygen atoms in total. The van der Waals surface area contributed by atoms with Crippen molar-refractivity contribution in [2.75, 3.05) is 38.0 Å². The second kappa shape index (κ2) is 8.71. The molecular formula is C19H20Cl2FN3O. The Labute approximate surface area is 162 Å². The van der Waals surface area contributed by atoms with Crippen molar-refractivity contribution in [3.05, 3.63) is 63.9 Å². The first-order valence-electron chi connectivity index (χ1n) is 8.49. The fourth-order valence-corrected chi connectivity index (χ4v) is 3.44. The number of hydrogen-bond acceptors (Lipinski definition) is 2. The van der Waals surface area contributed by atoms with Gasteiger partial charge in [0.05, 0.1) is 5.69 Å². The minimum Gasteiger partial charge on any atom is -0.322 e. The second-order valence-corrected chi connectivity index (χ2v) is 7.07. The van der Waals surface area contributed by atoms with Gasteiger partial charge in [0, 0.05) is 42.8 Å². The summed E-state index contributed by atoms with van der Waals surface area (Å²) < 4.78 is 13.6. The average Bonchev–Trinajstić information content (AvgIpc) is 2.63. The smallest absolute Gasteiger partial charge is 0.322 e. The summed E-state index contributed by atoms with van der Waals surface area (Å²) in [5.74, 6) is -0.431. The van der Waals surface area contributed by atoms with Crippen molar-refractivity contribution >= 4 is 34.9 Å². The monoisotopic (exact) mass is 395 g/mol. The van der Waals surface area contributed by atoms with E-state index in [2.05, 4.69) is 10.2 Å². The van der Waals surface area contributed by atoms with Gasteiger partial charge in [0.1, 0.15) is 5.82 Å². The van der Waals surface area contributed by atoms with Crippen molar-refractivity contribution in [1.29, 1.82) is 0 Å². The molecule has 2 aromatic carbocycles. The van der Waals surface area contributed by atoms with E-state index in [1.165, 1.54) is 6.07 Å². The molecule has 0 aromatic heterocycles. The van der Waals surface area contributed by atoms with E-state index in [4.69, 9.17) is 23.2 Å². The van der Waals surface area contributed by atoms with Crippen LogP contribution in [0.5, 0.6) is 0 Å². The molecule has 1 heterocycles. The lowest BCUT2D eigenvalue weighted by Crippen LogP contribution is -2.50. The van der Waals surface area contributed by atoms with Crippen LogP contribution >= 0.6 is 23.2 Å². The summed E-state index contributed by atoms with van der Waals surface area (Å²) in [6, 6.07) is 11.4. The normalized spacial score (nSPS) is 15.1. The molecule has 1 N–H and O–H groups in total. The van der Waals surface area contributed by atoms with Crippen LogP contribution < -0.4 is 5.32 Å². The van der Waals surface area contributed by atoms with E-state index in [1.807, 2.05) is 12.1 Å². The van der Waals surface area contributed by atoms with Crippen LogP contribution in [0.2, 0.25) is 10.0 Å². The van der Waals surface area contributed by atoms with Gasteiger partial charge in [-0.2, -0.15) is 0 Å². The molecule has 138 valence electrons. The molecule has 3 rings (SSSR count). The molecular weight excluding hydrogens is 376 g/mol. The number of nitrogens with zero attached hydrogens (tertiary/aromatic N) is 2. The Hall–Kier alpha value is -1.82. The Bertz CT molecular complexity index is 779. The molecule has 0 saturated carbocycles. The lowest BCUT2D eigenvalue weighted by molar-refractivity contribution is 0.148. The quantitative estimate of drug-likeness (QED) is 0.825. The number of nitrogens with one attached hydrogen (secondary N) is 1. The Balaban J connectivity index is 1.46. The molecule has 1 fully saturated rings. The molecule has 1 saturated heterocycles. The van der Waals surface area contributed by atoms with Crippen molar-refractivity contribution in [3.63, 3.8) is 0 Å². The van der Waals surface area contributed by atoms with E-state index in [0.717, 1.165) is 31.6 Å². The predicted molar refractivity (Wildman–Crippen MR) is 104 cm³/mol. The van der Waals surface area contributed by atoms with Crippen LogP contribution in [0.25, 0.3) is 0 Å². The summed E-state index contributed by atoms with van der Waals surface area (Å²) in [7, 11) is 0. The maximum Gasteiger partial charge on any atom is 0.322 e. The van der Waals surface area contributed by atoms with Crippen LogP contribution in [0.3, 0.4) is 0 Å². The minimum absolute atomic E-state index is 0.206. The van der Waals surface area contributed by atoms with Gasteiger partial charge < -0.3 is 10.2 Å². The molecule has 0 atom stereocenters. The highest BCUT2D eigenvalue weighted by molar-refractivity contribution is 6.35. The molecule has 0 radical (unpaired) electrons. The fourth-order valence-electron chi connectivity index (χ4n) is 2.93. The van der Waals surface area contributed by atoms with Gasteiger partial charge in [-0.3, -0.25) is 4.90 Å². The molecule has 2 amide bonds. The van der Waals surface area contributed by atoms with Gasteiger partial charge in [0.2, 0.25) is 0 Å². The maximum absolute atomic E-state index is 13.6. The zero-order valence-corrected chi connectivity index (χ0v) is 15.7. The number of amides is 2. The maximum atomic E-state index is 13.6. The van der Waals surface area contributed by atoms with Gasteiger partial charge in [-0.25, -0.2) is 9.18 Å². The fraction of sp³-hybridized carbons (Fsp3) is 0.316. The minimum atomic E-state index is -0.431. The summed E-state index contributed by atoms with van der Waals surface area (Å²) in [4.78, 5) is 16.3. The zero-order valence-electron chi connectivity index (χ0n) is 14.2. The van der Waals surface area contributed by atoms with Crippen molar-refractivity contribution < 1.29 is 9.18 Å². The molecule has 0 bridgehead atoms.